The molecule has 1 heterocycles. The molecule has 102 valence electrons. The van der Waals surface area contributed by atoms with Gasteiger partial charge in [-0.25, -0.2) is 0 Å². The highest BCUT2D eigenvalue weighted by Gasteiger charge is 2.32. The Hall–Kier alpha value is -1.43. The summed E-state index contributed by atoms with van der Waals surface area (Å²) in [6.07, 6.45) is 5.77. The molecule has 3 nitrogen and oxygen atoms in total. The molecule has 1 amide bonds. The molecule has 3 rings (SSSR count). The quantitative estimate of drug-likeness (QED) is 0.764. The summed E-state index contributed by atoms with van der Waals surface area (Å²) in [7, 11) is 0. The van der Waals surface area contributed by atoms with Gasteiger partial charge in [0, 0.05) is 34.1 Å². The smallest absolute Gasteiger partial charge is 0.254 e. The highest BCUT2D eigenvalue weighted by atomic mass is 127. The van der Waals surface area contributed by atoms with Gasteiger partial charge in [0.25, 0.3) is 5.91 Å². The molecule has 0 bridgehead atoms. The first-order valence-corrected chi connectivity index (χ1v) is 7.77. The van der Waals surface area contributed by atoms with Crippen LogP contribution in [0.15, 0.2) is 48.8 Å². The summed E-state index contributed by atoms with van der Waals surface area (Å²) < 4.78 is 1.14. The fourth-order valence-electron chi connectivity index (χ4n) is 2.20. The second-order valence-electron chi connectivity index (χ2n) is 5.03. The van der Waals surface area contributed by atoms with Crippen molar-refractivity contribution in [3.63, 3.8) is 0 Å². The molecule has 0 saturated heterocycles. The fraction of sp³-hybridized carbons (Fsp3) is 0.250. The fourth-order valence-corrected chi connectivity index (χ4v) is 2.56. The van der Waals surface area contributed by atoms with Crippen molar-refractivity contribution in [2.75, 3.05) is 0 Å². The number of halogens is 1. The summed E-state index contributed by atoms with van der Waals surface area (Å²) in [5, 5.41) is 0. The summed E-state index contributed by atoms with van der Waals surface area (Å²) in [6, 6.07) is 12.1. The second kappa shape index (κ2) is 5.91. The third-order valence-electron chi connectivity index (χ3n) is 3.44. The second-order valence-corrected chi connectivity index (χ2v) is 6.27. The van der Waals surface area contributed by atoms with E-state index in [0.717, 1.165) is 27.5 Å². The van der Waals surface area contributed by atoms with E-state index in [2.05, 4.69) is 27.6 Å². The number of aromatic nitrogens is 1. The van der Waals surface area contributed by atoms with Crippen molar-refractivity contribution < 1.29 is 4.79 Å². The maximum atomic E-state index is 12.6. The van der Waals surface area contributed by atoms with E-state index in [1.54, 1.807) is 12.4 Å². The Kier molecular flexibility index (Phi) is 4.00. The highest BCUT2D eigenvalue weighted by molar-refractivity contribution is 14.1. The molecule has 2 aromatic rings. The van der Waals surface area contributed by atoms with Gasteiger partial charge in [-0.15, -0.1) is 0 Å². The van der Waals surface area contributed by atoms with Crippen LogP contribution in [0.2, 0.25) is 0 Å². The molecule has 1 aromatic carbocycles. The lowest BCUT2D eigenvalue weighted by Gasteiger charge is -2.22. The Balaban J connectivity index is 1.80. The van der Waals surface area contributed by atoms with Gasteiger partial charge >= 0.3 is 0 Å². The van der Waals surface area contributed by atoms with E-state index in [-0.39, 0.29) is 5.91 Å². The summed E-state index contributed by atoms with van der Waals surface area (Å²) in [6.45, 7) is 0.665. The number of amides is 1. The third-order valence-corrected chi connectivity index (χ3v) is 4.16. The van der Waals surface area contributed by atoms with Crippen LogP contribution in [0.5, 0.6) is 0 Å². The van der Waals surface area contributed by atoms with Gasteiger partial charge in [-0.1, -0.05) is 0 Å². The molecule has 1 fully saturated rings. The van der Waals surface area contributed by atoms with Gasteiger partial charge in [0.1, 0.15) is 0 Å². The van der Waals surface area contributed by atoms with Crippen LogP contribution in [-0.4, -0.2) is 21.8 Å². The van der Waals surface area contributed by atoms with E-state index in [4.69, 9.17) is 0 Å². The molecule has 1 aromatic heterocycles. The molecule has 0 atom stereocenters. The average Bonchev–Trinajstić information content (AvgIpc) is 3.30. The van der Waals surface area contributed by atoms with Crippen LogP contribution in [-0.2, 0) is 6.54 Å². The molecular formula is C16H15IN2O. The van der Waals surface area contributed by atoms with E-state index < -0.39 is 0 Å². The number of pyridine rings is 1. The molecule has 4 heteroatoms. The van der Waals surface area contributed by atoms with Crippen molar-refractivity contribution in [2.24, 2.45) is 0 Å². The largest absolute Gasteiger partial charge is 0.331 e. The third kappa shape index (κ3) is 3.17. The van der Waals surface area contributed by atoms with Gasteiger partial charge in [0.05, 0.1) is 0 Å². The van der Waals surface area contributed by atoms with E-state index in [1.165, 1.54) is 0 Å². The average molecular weight is 378 g/mol. The van der Waals surface area contributed by atoms with Crippen LogP contribution in [0.25, 0.3) is 0 Å². The van der Waals surface area contributed by atoms with Crippen LogP contribution >= 0.6 is 22.6 Å². The summed E-state index contributed by atoms with van der Waals surface area (Å²) in [5.41, 5.74) is 1.90. The van der Waals surface area contributed by atoms with Crippen LogP contribution in [0.1, 0.15) is 28.8 Å². The van der Waals surface area contributed by atoms with E-state index in [0.29, 0.717) is 12.6 Å². The number of hydrogen-bond donors (Lipinski definition) is 0. The normalized spacial score (nSPS) is 14.1. The predicted octanol–water partition coefficient (Wildman–Crippen LogP) is 3.49. The minimum atomic E-state index is 0.126. The van der Waals surface area contributed by atoms with E-state index >= 15 is 0 Å². The number of carbonyl (C=O) groups excluding carboxylic acids is 1. The van der Waals surface area contributed by atoms with Crippen molar-refractivity contribution in [3.8, 4) is 0 Å². The zero-order valence-corrected chi connectivity index (χ0v) is 13.2. The van der Waals surface area contributed by atoms with Crippen LogP contribution < -0.4 is 0 Å². The number of nitrogens with zero attached hydrogens (tertiary/aromatic N) is 2. The number of carbonyl (C=O) groups is 1. The van der Waals surface area contributed by atoms with Crippen molar-refractivity contribution in [1.82, 2.24) is 9.88 Å². The molecule has 1 aliphatic carbocycles. The zero-order valence-electron chi connectivity index (χ0n) is 11.0. The lowest BCUT2D eigenvalue weighted by atomic mass is 10.1. The first kappa shape index (κ1) is 13.5. The Morgan fingerprint density at radius 1 is 1.15 bits per heavy atom. The van der Waals surface area contributed by atoms with Gasteiger partial charge in [-0.2, -0.15) is 0 Å². The molecule has 0 radical (unpaired) electrons. The van der Waals surface area contributed by atoms with Crippen molar-refractivity contribution in [2.45, 2.75) is 25.4 Å². The van der Waals surface area contributed by atoms with Gasteiger partial charge in [0.15, 0.2) is 0 Å². The molecule has 20 heavy (non-hydrogen) atoms. The summed E-state index contributed by atoms with van der Waals surface area (Å²) in [5.74, 6) is 0.126. The topological polar surface area (TPSA) is 33.2 Å². The SMILES string of the molecule is O=C(c1ccc(I)cc1)N(Cc1ccncc1)C1CC1. The monoisotopic (exact) mass is 378 g/mol. The lowest BCUT2D eigenvalue weighted by molar-refractivity contribution is 0.0730. The molecule has 1 aliphatic rings. The van der Waals surface area contributed by atoms with E-state index in [9.17, 15) is 4.79 Å². The maximum absolute atomic E-state index is 12.6. The molecule has 0 aliphatic heterocycles. The van der Waals surface area contributed by atoms with Gasteiger partial charge < -0.3 is 4.90 Å². The minimum absolute atomic E-state index is 0.126. The van der Waals surface area contributed by atoms with Crippen molar-refractivity contribution >= 4 is 28.5 Å². The Morgan fingerprint density at radius 3 is 2.40 bits per heavy atom. The highest BCUT2D eigenvalue weighted by Crippen LogP contribution is 2.29. The number of rotatable bonds is 4. The van der Waals surface area contributed by atoms with Crippen molar-refractivity contribution in [1.29, 1.82) is 0 Å². The molecule has 0 unspecified atom stereocenters. The first-order valence-electron chi connectivity index (χ1n) is 6.69. The first-order chi connectivity index (χ1) is 9.74. The van der Waals surface area contributed by atoms with Crippen LogP contribution in [0.4, 0.5) is 0 Å². The van der Waals surface area contributed by atoms with Gasteiger partial charge in [-0.05, 0) is 77.4 Å². The van der Waals surface area contributed by atoms with Crippen molar-refractivity contribution in [3.05, 3.63) is 63.5 Å². The molecule has 1 saturated carbocycles. The number of hydrogen-bond acceptors (Lipinski definition) is 2. The zero-order chi connectivity index (χ0) is 13.9. The number of benzene rings is 1. The summed E-state index contributed by atoms with van der Waals surface area (Å²) >= 11 is 2.25. The summed E-state index contributed by atoms with van der Waals surface area (Å²) in [4.78, 5) is 18.7. The van der Waals surface area contributed by atoms with Gasteiger partial charge in [-0.3, -0.25) is 9.78 Å². The Bertz CT molecular complexity index is 594. The Morgan fingerprint density at radius 2 is 1.80 bits per heavy atom. The Labute approximate surface area is 132 Å². The minimum Gasteiger partial charge on any atom is -0.331 e. The van der Waals surface area contributed by atoms with Crippen LogP contribution in [0, 0.1) is 3.57 Å². The maximum Gasteiger partial charge on any atom is 0.254 e. The van der Waals surface area contributed by atoms with Crippen LogP contribution in [0.3, 0.4) is 0 Å². The predicted molar refractivity (Wildman–Crippen MR) is 86.3 cm³/mol. The molecule has 0 N–H and O–H groups in total. The van der Waals surface area contributed by atoms with E-state index in [1.807, 2.05) is 41.3 Å². The van der Waals surface area contributed by atoms with Gasteiger partial charge in [0.2, 0.25) is 0 Å². The molecular weight excluding hydrogens is 363 g/mol. The standard InChI is InChI=1S/C16H15IN2O/c17-14-3-1-13(2-4-14)16(20)19(15-5-6-15)11-12-7-9-18-10-8-12/h1-4,7-10,15H,5-6,11H2. The lowest BCUT2D eigenvalue weighted by Crippen LogP contribution is -2.32. The molecule has 0 spiro atoms.